The molecular formula is C87H153NO18. The van der Waals surface area contributed by atoms with Gasteiger partial charge in [-0.3, -0.25) is 4.79 Å². The van der Waals surface area contributed by atoms with Gasteiger partial charge in [-0.1, -0.05) is 329 Å². The molecule has 106 heavy (non-hydrogen) atoms. The van der Waals surface area contributed by atoms with E-state index in [4.69, 9.17) is 28.4 Å². The highest BCUT2D eigenvalue weighted by atomic mass is 16.8. The Kier molecular flexibility index (Phi) is 60.6. The van der Waals surface area contributed by atoms with Crippen molar-refractivity contribution in [1.82, 2.24) is 5.32 Å². The number of nitrogens with one attached hydrogen (secondary N) is 1. The van der Waals surface area contributed by atoms with E-state index in [9.17, 15) is 61.0 Å². The minimum atomic E-state index is -1.98. The van der Waals surface area contributed by atoms with Gasteiger partial charge in [-0.25, -0.2) is 0 Å². The molecule has 17 atom stereocenters. The Bertz CT molecular complexity index is 2290. The molecule has 614 valence electrons. The number of carbonyl (C=O) groups excluding carboxylic acids is 1. The summed E-state index contributed by atoms with van der Waals surface area (Å²) >= 11 is 0. The fraction of sp³-hybridized carbons (Fsp3) is 0.805. The molecule has 3 aliphatic rings. The maximum Gasteiger partial charge on any atom is 0.220 e. The van der Waals surface area contributed by atoms with Crippen LogP contribution in [0.2, 0.25) is 0 Å². The minimum Gasteiger partial charge on any atom is -0.394 e. The highest BCUT2D eigenvalue weighted by Crippen LogP contribution is 2.33. The van der Waals surface area contributed by atoms with E-state index in [2.05, 4.69) is 104 Å². The molecule has 0 aromatic rings. The summed E-state index contributed by atoms with van der Waals surface area (Å²) in [4.78, 5) is 13.5. The molecule has 17 unspecified atom stereocenters. The van der Waals surface area contributed by atoms with Crippen LogP contribution in [0.5, 0.6) is 0 Å². The van der Waals surface area contributed by atoms with Crippen molar-refractivity contribution in [1.29, 1.82) is 0 Å². The number of unbranched alkanes of at least 4 members (excludes halogenated alkanes) is 37. The van der Waals surface area contributed by atoms with Crippen molar-refractivity contribution < 1.29 is 89.4 Å². The lowest BCUT2D eigenvalue weighted by Crippen LogP contribution is -2.66. The van der Waals surface area contributed by atoms with E-state index in [1.54, 1.807) is 6.08 Å². The van der Waals surface area contributed by atoms with Gasteiger partial charge >= 0.3 is 0 Å². The Labute approximate surface area is 641 Å². The lowest BCUT2D eigenvalue weighted by molar-refractivity contribution is -0.379. The van der Waals surface area contributed by atoms with Crippen LogP contribution in [0.3, 0.4) is 0 Å². The predicted molar refractivity (Wildman–Crippen MR) is 424 cm³/mol. The fourth-order valence-corrected chi connectivity index (χ4v) is 13.9. The van der Waals surface area contributed by atoms with Crippen LogP contribution in [0.15, 0.2) is 97.2 Å². The quantitative estimate of drug-likeness (QED) is 0.0199. The summed E-state index contributed by atoms with van der Waals surface area (Å²) in [7, 11) is 0. The normalized spacial score (nSPS) is 26.1. The van der Waals surface area contributed by atoms with Crippen LogP contribution in [0.4, 0.5) is 0 Å². The highest BCUT2D eigenvalue weighted by Gasteiger charge is 2.54. The summed E-state index contributed by atoms with van der Waals surface area (Å²) in [6.45, 7) is 1.65. The summed E-state index contributed by atoms with van der Waals surface area (Å²) in [6.07, 6.45) is 64.0. The molecule has 0 bridgehead atoms. The zero-order chi connectivity index (χ0) is 76.7. The lowest BCUT2D eigenvalue weighted by atomic mass is 9.96. The monoisotopic (exact) mass is 1500 g/mol. The summed E-state index contributed by atoms with van der Waals surface area (Å²) in [6, 6.07) is -0.977. The number of ether oxygens (including phenoxy) is 6. The molecule has 3 heterocycles. The molecule has 1 amide bonds. The maximum atomic E-state index is 13.5. The summed E-state index contributed by atoms with van der Waals surface area (Å²) in [5.41, 5.74) is 0. The van der Waals surface area contributed by atoms with Gasteiger partial charge in [0.15, 0.2) is 18.9 Å². The summed E-state index contributed by atoms with van der Waals surface area (Å²) in [5.74, 6) is -0.273. The van der Waals surface area contributed by atoms with E-state index in [-0.39, 0.29) is 18.9 Å². The first-order valence-corrected chi connectivity index (χ1v) is 42.5. The highest BCUT2D eigenvalue weighted by molar-refractivity contribution is 5.76. The van der Waals surface area contributed by atoms with Gasteiger partial charge in [0, 0.05) is 6.42 Å². The summed E-state index contributed by atoms with van der Waals surface area (Å²) in [5, 5.41) is 121. The topological polar surface area (TPSA) is 307 Å². The maximum absolute atomic E-state index is 13.5. The van der Waals surface area contributed by atoms with Gasteiger partial charge in [0.05, 0.1) is 38.6 Å². The third-order valence-electron chi connectivity index (χ3n) is 20.6. The van der Waals surface area contributed by atoms with Crippen molar-refractivity contribution in [2.24, 2.45) is 0 Å². The molecule has 0 aliphatic carbocycles. The fourth-order valence-electron chi connectivity index (χ4n) is 13.9. The predicted octanol–water partition coefficient (Wildman–Crippen LogP) is 15.1. The van der Waals surface area contributed by atoms with Gasteiger partial charge < -0.3 is 89.9 Å². The van der Waals surface area contributed by atoms with Gasteiger partial charge in [0.1, 0.15) is 73.2 Å². The van der Waals surface area contributed by atoms with Crippen molar-refractivity contribution in [2.45, 2.75) is 420 Å². The number of hydrogen-bond donors (Lipinski definition) is 12. The van der Waals surface area contributed by atoms with Gasteiger partial charge in [-0.05, 0) is 77.0 Å². The lowest BCUT2D eigenvalue weighted by Gasteiger charge is -2.48. The smallest absolute Gasteiger partial charge is 0.220 e. The first kappa shape index (κ1) is 96.9. The Balaban J connectivity index is 1.31. The average molecular weight is 1500 g/mol. The molecule has 0 saturated carbocycles. The molecule has 0 aromatic heterocycles. The first-order valence-electron chi connectivity index (χ1n) is 42.5. The number of aliphatic hydroxyl groups is 11. The molecule has 3 rings (SSSR count). The van der Waals surface area contributed by atoms with Crippen LogP contribution in [0, 0.1) is 0 Å². The number of rotatable bonds is 67. The van der Waals surface area contributed by atoms with Crippen molar-refractivity contribution in [2.75, 3.05) is 26.4 Å². The molecule has 12 N–H and O–H groups in total. The Morgan fingerprint density at radius 3 is 1.02 bits per heavy atom. The van der Waals surface area contributed by atoms with Gasteiger partial charge in [-0.2, -0.15) is 0 Å². The Morgan fingerprint density at radius 2 is 0.651 bits per heavy atom. The molecule has 3 fully saturated rings. The van der Waals surface area contributed by atoms with Crippen LogP contribution < -0.4 is 5.32 Å². The standard InChI is InChI=1S/C87H153NO18/c1-3-5-7-9-11-13-15-17-19-21-23-25-26-27-28-29-30-31-32-33-34-35-36-37-38-39-40-41-42-43-44-45-47-49-51-53-55-57-59-61-63-65-75(93)88-70(71(92)64-62-60-58-56-54-52-50-48-46-24-22-20-18-16-14-12-10-8-6-4-2)69-101-85-81(99)78(96)83(73(67-90)103-85)106-87-82(100)79(97)84(74(68-91)104-87)105-86-80(98)77(95)76(94)72(66-89)102-86/h5,7,11,13,17,19,23,25,27-28,30-31,33-34,62,64,70-74,76-87,89-92,94-100H,3-4,6,8-10,12,14-16,18,20-22,24,26,29,32,35-61,63,65-69H2,1-2H3,(H,88,93)/b7-5-,13-11-,19-17-,25-23-,28-27-,31-30-,34-33-,64-62+. The molecule has 3 aliphatic heterocycles. The van der Waals surface area contributed by atoms with Crippen molar-refractivity contribution >= 4 is 5.91 Å². The Hall–Kier alpha value is -3.29. The third kappa shape index (κ3) is 45.3. The molecule has 0 radical (unpaired) electrons. The van der Waals surface area contributed by atoms with Crippen molar-refractivity contribution in [3.8, 4) is 0 Å². The van der Waals surface area contributed by atoms with E-state index in [1.165, 1.54) is 199 Å². The molecule has 3 saturated heterocycles. The van der Waals surface area contributed by atoms with Crippen LogP contribution >= 0.6 is 0 Å². The number of aliphatic hydroxyl groups excluding tert-OH is 11. The van der Waals surface area contributed by atoms with E-state index in [1.807, 2.05) is 6.08 Å². The molecule has 19 heteroatoms. The average Bonchev–Trinajstić information content (AvgIpc) is 0.780. The second-order valence-corrected chi connectivity index (χ2v) is 29.9. The molecule has 0 spiro atoms. The van der Waals surface area contributed by atoms with Crippen LogP contribution in [-0.4, -0.2) is 193 Å². The first-order chi connectivity index (χ1) is 51.8. The second-order valence-electron chi connectivity index (χ2n) is 29.9. The van der Waals surface area contributed by atoms with Crippen molar-refractivity contribution in [3.63, 3.8) is 0 Å². The van der Waals surface area contributed by atoms with Crippen LogP contribution in [0.1, 0.15) is 316 Å². The zero-order valence-corrected chi connectivity index (χ0v) is 65.9. The van der Waals surface area contributed by atoms with Crippen LogP contribution in [-0.2, 0) is 33.2 Å². The van der Waals surface area contributed by atoms with Gasteiger partial charge in [-0.15, -0.1) is 0 Å². The summed E-state index contributed by atoms with van der Waals surface area (Å²) < 4.78 is 34.5. The molecular weight excluding hydrogens is 1350 g/mol. The number of carbonyl (C=O) groups is 1. The van der Waals surface area contributed by atoms with Gasteiger partial charge in [0.2, 0.25) is 5.91 Å². The largest absolute Gasteiger partial charge is 0.394 e. The number of hydrogen-bond acceptors (Lipinski definition) is 18. The SMILES string of the molecule is CC/C=C\C/C=C\C/C=C\C/C=C\C/C=C\C/C=C\C/C=C\CCCCCCCCCCCCCCCCCCCCCC(=O)NC(COC1OC(CO)C(OC2OC(CO)C(OC3OC(CO)C(O)C(O)C3O)C(O)C2O)C(O)C1O)C(O)/C=C/CCCCCCCCCCCCCCCCCCCC. The third-order valence-corrected chi connectivity index (χ3v) is 20.6. The second kappa shape index (κ2) is 66.3. The minimum absolute atomic E-state index is 0.242. The number of amides is 1. The zero-order valence-electron chi connectivity index (χ0n) is 65.9. The van der Waals surface area contributed by atoms with E-state index in [0.717, 1.165) is 89.9 Å². The van der Waals surface area contributed by atoms with E-state index < -0.39 is 124 Å². The van der Waals surface area contributed by atoms with Crippen molar-refractivity contribution in [3.05, 3.63) is 97.2 Å². The van der Waals surface area contributed by atoms with Crippen LogP contribution in [0.25, 0.3) is 0 Å². The molecule has 0 aromatic carbocycles. The Morgan fingerprint density at radius 1 is 0.349 bits per heavy atom. The molecule has 19 nitrogen and oxygen atoms in total. The van der Waals surface area contributed by atoms with Gasteiger partial charge in [0.25, 0.3) is 0 Å². The van der Waals surface area contributed by atoms with E-state index in [0.29, 0.717) is 6.42 Å². The number of allylic oxidation sites excluding steroid dienone is 15. The van der Waals surface area contributed by atoms with E-state index >= 15 is 0 Å².